The zero-order valence-corrected chi connectivity index (χ0v) is 11.8. The Balaban J connectivity index is 2.71. The van der Waals surface area contributed by atoms with Crippen LogP contribution in [0.3, 0.4) is 0 Å². The van der Waals surface area contributed by atoms with Gasteiger partial charge >= 0.3 is 0 Å². The van der Waals surface area contributed by atoms with E-state index >= 15 is 0 Å². The first-order chi connectivity index (χ1) is 8.05. The van der Waals surface area contributed by atoms with E-state index < -0.39 is 0 Å². The molecule has 0 saturated heterocycles. The lowest BCUT2D eigenvalue weighted by Crippen LogP contribution is -2.43. The molecule has 96 valence electrons. The van der Waals surface area contributed by atoms with E-state index in [1.165, 1.54) is 0 Å². The van der Waals surface area contributed by atoms with E-state index in [9.17, 15) is 0 Å². The fraction of sp³-hybridized carbons (Fsp3) is 0.571. The normalized spacial score (nSPS) is 11.8. The molecular formula is C14H23ClN2. The highest BCUT2D eigenvalue weighted by molar-refractivity contribution is 6.30. The van der Waals surface area contributed by atoms with Crippen molar-refractivity contribution in [2.24, 2.45) is 0 Å². The molecule has 1 aromatic carbocycles. The van der Waals surface area contributed by atoms with Crippen LogP contribution in [0, 0.1) is 0 Å². The Kier molecular flexibility index (Phi) is 5.29. The van der Waals surface area contributed by atoms with Gasteiger partial charge in [0.2, 0.25) is 0 Å². The van der Waals surface area contributed by atoms with Crippen LogP contribution < -0.4 is 11.1 Å². The maximum absolute atomic E-state index is 5.99. The lowest BCUT2D eigenvalue weighted by atomic mass is 9.89. The molecule has 17 heavy (non-hydrogen) atoms. The Morgan fingerprint density at radius 3 is 2.18 bits per heavy atom. The number of hydrogen-bond acceptors (Lipinski definition) is 2. The molecule has 0 radical (unpaired) electrons. The summed E-state index contributed by atoms with van der Waals surface area (Å²) >= 11 is 5.99. The van der Waals surface area contributed by atoms with Crippen LogP contribution in [0.25, 0.3) is 0 Å². The molecular weight excluding hydrogens is 232 g/mol. The summed E-state index contributed by atoms with van der Waals surface area (Å²) in [5.41, 5.74) is 7.89. The smallest absolute Gasteiger partial charge is 0.0429 e. The quantitative estimate of drug-likeness (QED) is 0.754. The van der Waals surface area contributed by atoms with Gasteiger partial charge in [0.15, 0.2) is 0 Å². The molecule has 3 heteroatoms. The number of halogens is 1. The number of rotatable bonds is 6. The summed E-state index contributed by atoms with van der Waals surface area (Å²) in [4.78, 5) is 0. The van der Waals surface area contributed by atoms with Crippen LogP contribution in [0.15, 0.2) is 18.2 Å². The second kappa shape index (κ2) is 6.27. The minimum absolute atomic E-state index is 0.233. The van der Waals surface area contributed by atoms with Gasteiger partial charge in [-0.1, -0.05) is 32.4 Å². The Morgan fingerprint density at radius 2 is 1.71 bits per heavy atom. The summed E-state index contributed by atoms with van der Waals surface area (Å²) in [5.74, 6) is 0. The van der Waals surface area contributed by atoms with Crippen molar-refractivity contribution in [3.63, 3.8) is 0 Å². The largest absolute Gasteiger partial charge is 0.399 e. The zero-order chi connectivity index (χ0) is 12.9. The Labute approximate surface area is 110 Å². The summed E-state index contributed by atoms with van der Waals surface area (Å²) in [7, 11) is 0. The molecule has 0 bridgehead atoms. The van der Waals surface area contributed by atoms with E-state index in [-0.39, 0.29) is 5.54 Å². The van der Waals surface area contributed by atoms with Crippen molar-refractivity contribution in [3.05, 3.63) is 28.8 Å². The van der Waals surface area contributed by atoms with Gasteiger partial charge < -0.3 is 11.1 Å². The van der Waals surface area contributed by atoms with E-state index in [2.05, 4.69) is 26.1 Å². The van der Waals surface area contributed by atoms with Gasteiger partial charge in [-0.05, 0) is 43.0 Å². The summed E-state index contributed by atoms with van der Waals surface area (Å²) in [6.45, 7) is 7.51. The van der Waals surface area contributed by atoms with Gasteiger partial charge in [-0.2, -0.15) is 0 Å². The zero-order valence-electron chi connectivity index (χ0n) is 11.0. The molecule has 0 spiro atoms. The van der Waals surface area contributed by atoms with E-state index in [4.69, 9.17) is 17.3 Å². The second-order valence-corrected chi connectivity index (χ2v) is 5.02. The maximum Gasteiger partial charge on any atom is 0.0429 e. The van der Waals surface area contributed by atoms with Crippen LogP contribution in [0.1, 0.15) is 45.6 Å². The van der Waals surface area contributed by atoms with Gasteiger partial charge in [0.25, 0.3) is 0 Å². The average molecular weight is 255 g/mol. The first-order valence-corrected chi connectivity index (χ1v) is 6.73. The first-order valence-electron chi connectivity index (χ1n) is 6.35. The van der Waals surface area contributed by atoms with Gasteiger partial charge in [-0.3, -0.25) is 0 Å². The molecule has 3 N–H and O–H groups in total. The topological polar surface area (TPSA) is 38.0 Å². The van der Waals surface area contributed by atoms with Gasteiger partial charge in [0, 0.05) is 22.8 Å². The van der Waals surface area contributed by atoms with Gasteiger partial charge in [0.05, 0.1) is 0 Å². The van der Waals surface area contributed by atoms with Crippen molar-refractivity contribution in [1.29, 1.82) is 0 Å². The molecule has 1 rings (SSSR count). The molecule has 1 aromatic rings. The summed E-state index contributed by atoms with van der Waals surface area (Å²) in [5, 5.41) is 4.34. The molecule has 0 amide bonds. The molecule has 0 aliphatic rings. The van der Waals surface area contributed by atoms with Gasteiger partial charge in [-0.25, -0.2) is 0 Å². The van der Waals surface area contributed by atoms with E-state index in [0.717, 1.165) is 37.1 Å². The number of hydrogen-bond donors (Lipinski definition) is 2. The van der Waals surface area contributed by atoms with Crippen LogP contribution in [0.5, 0.6) is 0 Å². The highest BCUT2D eigenvalue weighted by Gasteiger charge is 2.22. The average Bonchev–Trinajstić information content (AvgIpc) is 2.30. The molecule has 0 aromatic heterocycles. The maximum atomic E-state index is 5.99. The molecule has 0 aliphatic heterocycles. The van der Waals surface area contributed by atoms with E-state index in [1.54, 1.807) is 6.07 Å². The first kappa shape index (κ1) is 14.3. The number of nitrogens with two attached hydrogens (primary N) is 1. The van der Waals surface area contributed by atoms with Crippen molar-refractivity contribution < 1.29 is 0 Å². The van der Waals surface area contributed by atoms with Crippen molar-refractivity contribution in [1.82, 2.24) is 5.32 Å². The lowest BCUT2D eigenvalue weighted by Gasteiger charge is -2.32. The van der Waals surface area contributed by atoms with E-state index in [0.29, 0.717) is 5.02 Å². The van der Waals surface area contributed by atoms with E-state index in [1.807, 2.05) is 12.1 Å². The number of nitrogen functional groups attached to an aromatic ring is 1. The monoisotopic (exact) mass is 254 g/mol. The molecule has 0 unspecified atom stereocenters. The molecule has 2 nitrogen and oxygen atoms in total. The van der Waals surface area contributed by atoms with Crippen molar-refractivity contribution >= 4 is 17.3 Å². The standard InChI is InChI=1S/C14H23ClN2/c1-4-14(5-2,6-3)17-10-11-7-12(15)9-13(16)8-11/h7-9,17H,4-6,10,16H2,1-3H3. The third kappa shape index (κ3) is 3.90. The van der Waals surface area contributed by atoms with Crippen molar-refractivity contribution in [2.75, 3.05) is 5.73 Å². The molecule has 0 atom stereocenters. The van der Waals surface area contributed by atoms with Crippen molar-refractivity contribution in [2.45, 2.75) is 52.1 Å². The van der Waals surface area contributed by atoms with Crippen LogP contribution in [-0.4, -0.2) is 5.54 Å². The fourth-order valence-electron chi connectivity index (χ4n) is 2.19. The number of anilines is 1. The Bertz CT molecular complexity index is 331. The Morgan fingerprint density at radius 1 is 1.12 bits per heavy atom. The lowest BCUT2D eigenvalue weighted by molar-refractivity contribution is 0.288. The predicted molar refractivity (Wildman–Crippen MR) is 76.3 cm³/mol. The molecule has 0 fully saturated rings. The van der Waals surface area contributed by atoms with Crippen molar-refractivity contribution in [3.8, 4) is 0 Å². The molecule has 0 aliphatic carbocycles. The summed E-state index contributed by atoms with van der Waals surface area (Å²) in [6.07, 6.45) is 3.40. The minimum atomic E-state index is 0.233. The van der Waals surface area contributed by atoms with Crippen LogP contribution in [0.2, 0.25) is 5.02 Å². The highest BCUT2D eigenvalue weighted by atomic mass is 35.5. The summed E-state index contributed by atoms with van der Waals surface area (Å²) in [6, 6.07) is 5.72. The SMILES string of the molecule is CCC(CC)(CC)NCc1cc(N)cc(Cl)c1. The number of nitrogens with one attached hydrogen (secondary N) is 1. The highest BCUT2D eigenvalue weighted by Crippen LogP contribution is 2.21. The number of benzene rings is 1. The fourth-order valence-corrected chi connectivity index (χ4v) is 2.46. The molecule has 0 saturated carbocycles. The third-order valence-corrected chi connectivity index (χ3v) is 3.90. The Hall–Kier alpha value is -0.730. The second-order valence-electron chi connectivity index (χ2n) is 4.59. The van der Waals surface area contributed by atoms with Crippen LogP contribution >= 0.6 is 11.6 Å². The van der Waals surface area contributed by atoms with Gasteiger partial charge in [-0.15, -0.1) is 0 Å². The predicted octanol–water partition coefficient (Wildman–Crippen LogP) is 3.98. The summed E-state index contributed by atoms with van der Waals surface area (Å²) < 4.78 is 0. The third-order valence-electron chi connectivity index (χ3n) is 3.68. The molecule has 0 heterocycles. The van der Waals surface area contributed by atoms with Crippen LogP contribution in [-0.2, 0) is 6.54 Å². The minimum Gasteiger partial charge on any atom is -0.399 e. The van der Waals surface area contributed by atoms with Crippen LogP contribution in [0.4, 0.5) is 5.69 Å². The van der Waals surface area contributed by atoms with Gasteiger partial charge in [0.1, 0.15) is 0 Å².